The third kappa shape index (κ3) is 4.18. The lowest BCUT2D eigenvalue weighted by atomic mass is 10.1. The number of hydrogen-bond acceptors (Lipinski definition) is 5. The minimum atomic E-state index is -3.78. The predicted octanol–water partition coefficient (Wildman–Crippen LogP) is 1.40. The van der Waals surface area contributed by atoms with Gasteiger partial charge in [-0.1, -0.05) is 19.9 Å². The van der Waals surface area contributed by atoms with Gasteiger partial charge in [0.25, 0.3) is 0 Å². The Kier molecular flexibility index (Phi) is 6.17. The summed E-state index contributed by atoms with van der Waals surface area (Å²) in [6.45, 7) is 3.66. The maximum atomic E-state index is 12.8. The monoisotopic (exact) mass is 314 g/mol. The second kappa shape index (κ2) is 7.42. The molecular formula is C14H22N2O4S. The van der Waals surface area contributed by atoms with Gasteiger partial charge in [0.15, 0.2) is 0 Å². The Bertz CT molecular complexity index is 599. The van der Waals surface area contributed by atoms with Crippen LogP contribution in [-0.2, 0) is 26.0 Å². The van der Waals surface area contributed by atoms with E-state index in [1.807, 2.05) is 13.8 Å². The number of aryl methyl sites for hydroxylation is 1. The van der Waals surface area contributed by atoms with Gasteiger partial charge in [-0.25, -0.2) is 8.42 Å². The smallest absolute Gasteiger partial charge is 0.321 e. The standard InChI is InChI=1S/C14H22N2O4S/c1-4-8-16(10-14(17)20-3)21(18,19)13-9-12(15)7-6-11(13)5-2/h6-7,9H,4-5,8,10,15H2,1-3H3. The highest BCUT2D eigenvalue weighted by atomic mass is 32.2. The Hall–Kier alpha value is -1.60. The molecule has 2 N–H and O–H groups in total. The topological polar surface area (TPSA) is 89.7 Å². The molecule has 118 valence electrons. The number of carbonyl (C=O) groups excluding carboxylic acids is 1. The van der Waals surface area contributed by atoms with Crippen molar-refractivity contribution in [2.45, 2.75) is 31.6 Å². The molecule has 0 aliphatic rings. The Labute approximate surface area is 125 Å². The number of methoxy groups -OCH3 is 1. The second-order valence-electron chi connectivity index (χ2n) is 4.64. The first-order valence-electron chi connectivity index (χ1n) is 6.82. The van der Waals surface area contributed by atoms with Crippen molar-refractivity contribution in [3.63, 3.8) is 0 Å². The van der Waals surface area contributed by atoms with Crippen LogP contribution in [0.2, 0.25) is 0 Å². The molecule has 0 amide bonds. The van der Waals surface area contributed by atoms with Gasteiger partial charge in [0.2, 0.25) is 10.0 Å². The fraction of sp³-hybridized carbons (Fsp3) is 0.500. The van der Waals surface area contributed by atoms with E-state index in [9.17, 15) is 13.2 Å². The van der Waals surface area contributed by atoms with Crippen LogP contribution >= 0.6 is 0 Å². The maximum Gasteiger partial charge on any atom is 0.321 e. The van der Waals surface area contributed by atoms with Crippen LogP contribution in [0.5, 0.6) is 0 Å². The van der Waals surface area contributed by atoms with Crippen LogP contribution in [0, 0.1) is 0 Å². The van der Waals surface area contributed by atoms with Crippen molar-refractivity contribution < 1.29 is 17.9 Å². The number of esters is 1. The lowest BCUT2D eigenvalue weighted by molar-refractivity contribution is -0.140. The molecule has 0 saturated heterocycles. The van der Waals surface area contributed by atoms with Crippen molar-refractivity contribution in [3.8, 4) is 0 Å². The van der Waals surface area contributed by atoms with Crippen molar-refractivity contribution in [1.82, 2.24) is 4.31 Å². The van der Waals surface area contributed by atoms with Gasteiger partial charge >= 0.3 is 5.97 Å². The molecule has 1 aromatic rings. The minimum Gasteiger partial charge on any atom is -0.468 e. The van der Waals surface area contributed by atoms with Crippen LogP contribution in [0.4, 0.5) is 5.69 Å². The molecule has 0 fully saturated rings. The first-order valence-corrected chi connectivity index (χ1v) is 8.26. The number of ether oxygens (including phenoxy) is 1. The minimum absolute atomic E-state index is 0.155. The molecule has 7 heteroatoms. The third-order valence-corrected chi connectivity index (χ3v) is 5.02. The molecule has 6 nitrogen and oxygen atoms in total. The van der Waals surface area contributed by atoms with E-state index in [2.05, 4.69) is 4.74 Å². The molecule has 0 aliphatic heterocycles. The highest BCUT2D eigenvalue weighted by molar-refractivity contribution is 7.89. The van der Waals surface area contributed by atoms with Gasteiger partial charge in [0.1, 0.15) is 6.54 Å². The summed E-state index contributed by atoms with van der Waals surface area (Å²) in [5.74, 6) is -0.589. The number of sulfonamides is 1. The van der Waals surface area contributed by atoms with Gasteiger partial charge in [0.05, 0.1) is 12.0 Å². The fourth-order valence-corrected chi connectivity index (χ4v) is 3.79. The molecule has 0 saturated carbocycles. The summed E-state index contributed by atoms with van der Waals surface area (Å²) >= 11 is 0. The highest BCUT2D eigenvalue weighted by Gasteiger charge is 2.28. The average molecular weight is 314 g/mol. The second-order valence-corrected chi connectivity index (χ2v) is 6.54. The Morgan fingerprint density at radius 3 is 2.52 bits per heavy atom. The highest BCUT2D eigenvalue weighted by Crippen LogP contribution is 2.23. The predicted molar refractivity (Wildman–Crippen MR) is 81.3 cm³/mol. The quantitative estimate of drug-likeness (QED) is 0.607. The summed E-state index contributed by atoms with van der Waals surface area (Å²) in [5, 5.41) is 0. The zero-order chi connectivity index (χ0) is 16.0. The van der Waals surface area contributed by atoms with E-state index in [4.69, 9.17) is 5.73 Å². The molecule has 0 aliphatic carbocycles. The molecule has 0 heterocycles. The van der Waals surface area contributed by atoms with Crippen LogP contribution in [-0.4, -0.2) is 38.9 Å². The number of carbonyl (C=O) groups is 1. The van der Waals surface area contributed by atoms with Crippen LogP contribution in [0.1, 0.15) is 25.8 Å². The molecule has 1 aromatic carbocycles. The Morgan fingerprint density at radius 1 is 1.33 bits per heavy atom. The SMILES string of the molecule is CCCN(CC(=O)OC)S(=O)(=O)c1cc(N)ccc1CC. The number of anilines is 1. The zero-order valence-electron chi connectivity index (χ0n) is 12.6. The number of nitrogens with zero attached hydrogens (tertiary/aromatic N) is 1. The van der Waals surface area contributed by atoms with Gasteiger partial charge in [-0.05, 0) is 30.5 Å². The largest absolute Gasteiger partial charge is 0.468 e. The van der Waals surface area contributed by atoms with Gasteiger partial charge in [-0.3, -0.25) is 4.79 Å². The number of rotatable bonds is 7. The van der Waals surface area contributed by atoms with Crippen LogP contribution in [0.25, 0.3) is 0 Å². The molecule has 0 radical (unpaired) electrons. The van der Waals surface area contributed by atoms with Crippen molar-refractivity contribution in [2.24, 2.45) is 0 Å². The van der Waals surface area contributed by atoms with Crippen LogP contribution in [0.3, 0.4) is 0 Å². The fourth-order valence-electron chi connectivity index (χ4n) is 1.98. The maximum absolute atomic E-state index is 12.8. The molecule has 0 unspecified atom stereocenters. The van der Waals surface area contributed by atoms with Crippen LogP contribution in [0.15, 0.2) is 23.1 Å². The van der Waals surface area contributed by atoms with E-state index in [0.717, 1.165) is 4.31 Å². The molecular weight excluding hydrogens is 292 g/mol. The van der Waals surface area contributed by atoms with Gasteiger partial charge in [-0.2, -0.15) is 4.31 Å². The first-order chi connectivity index (χ1) is 9.86. The van der Waals surface area contributed by atoms with Gasteiger partial charge in [-0.15, -0.1) is 0 Å². The van der Waals surface area contributed by atoms with E-state index in [1.54, 1.807) is 12.1 Å². The van der Waals surface area contributed by atoms with Gasteiger partial charge in [0, 0.05) is 12.2 Å². The summed E-state index contributed by atoms with van der Waals surface area (Å²) in [7, 11) is -2.55. The Morgan fingerprint density at radius 2 is 2.00 bits per heavy atom. The first kappa shape index (κ1) is 17.5. The summed E-state index contributed by atoms with van der Waals surface area (Å²) in [6.07, 6.45) is 1.16. The lowest BCUT2D eigenvalue weighted by Gasteiger charge is -2.22. The molecule has 0 atom stereocenters. The molecule has 0 spiro atoms. The molecule has 0 aromatic heterocycles. The Balaban J connectivity index is 3.28. The number of nitrogen functional groups attached to an aromatic ring is 1. The van der Waals surface area contributed by atoms with E-state index in [-0.39, 0.29) is 18.0 Å². The van der Waals surface area contributed by atoms with Crippen LogP contribution < -0.4 is 5.73 Å². The number of benzene rings is 1. The summed E-state index contributed by atoms with van der Waals surface area (Å²) in [6, 6.07) is 4.81. The number of nitrogens with two attached hydrogens (primary N) is 1. The van der Waals surface area contributed by atoms with E-state index in [0.29, 0.717) is 24.1 Å². The van der Waals surface area contributed by atoms with Crippen molar-refractivity contribution in [3.05, 3.63) is 23.8 Å². The summed E-state index contributed by atoms with van der Waals surface area (Å²) in [4.78, 5) is 11.6. The van der Waals surface area contributed by atoms with E-state index < -0.39 is 16.0 Å². The van der Waals surface area contributed by atoms with Crippen molar-refractivity contribution in [2.75, 3.05) is 25.9 Å². The third-order valence-electron chi connectivity index (χ3n) is 3.10. The molecule has 1 rings (SSSR count). The van der Waals surface area contributed by atoms with E-state index in [1.165, 1.54) is 13.2 Å². The zero-order valence-corrected chi connectivity index (χ0v) is 13.4. The van der Waals surface area contributed by atoms with Crippen molar-refractivity contribution >= 4 is 21.7 Å². The average Bonchev–Trinajstić information content (AvgIpc) is 2.46. The van der Waals surface area contributed by atoms with E-state index >= 15 is 0 Å². The number of hydrogen-bond donors (Lipinski definition) is 1. The molecule has 21 heavy (non-hydrogen) atoms. The van der Waals surface area contributed by atoms with Gasteiger partial charge < -0.3 is 10.5 Å². The summed E-state index contributed by atoms with van der Waals surface area (Å²) < 4.78 is 31.2. The molecule has 0 bridgehead atoms. The normalized spacial score (nSPS) is 11.6. The van der Waals surface area contributed by atoms with Crippen molar-refractivity contribution in [1.29, 1.82) is 0 Å². The lowest BCUT2D eigenvalue weighted by Crippen LogP contribution is -2.37. The summed E-state index contributed by atoms with van der Waals surface area (Å²) in [5.41, 5.74) is 6.76.